The van der Waals surface area contributed by atoms with Gasteiger partial charge < -0.3 is 14.8 Å². The summed E-state index contributed by atoms with van der Waals surface area (Å²) >= 11 is 1.65. The molecule has 1 atom stereocenters. The first-order valence-corrected chi connectivity index (χ1v) is 13.6. The molecular weight excluding hydrogens is 468 g/mol. The Hall–Kier alpha value is -3.12. The standard InChI is InChI=1S/C30H36N2O3S/c1-6-34-24-16-13-20(17-25(24)35-7-2)19-31-29-27(28(33)32-22-11-9-8-10-12-22)23-15-14-21(30(3,4)5)18-26(23)36-29/h8-13,16-17,19,21H,6-7,14-15,18H2,1-5H3,(H,32,33)/t21-/m1/s1. The van der Waals surface area contributed by atoms with Gasteiger partial charge in [-0.2, -0.15) is 0 Å². The van der Waals surface area contributed by atoms with E-state index in [-0.39, 0.29) is 11.3 Å². The fourth-order valence-corrected chi connectivity index (χ4v) is 5.90. The van der Waals surface area contributed by atoms with Crippen LogP contribution in [0.25, 0.3) is 0 Å². The van der Waals surface area contributed by atoms with Gasteiger partial charge in [0.1, 0.15) is 5.00 Å². The Kier molecular flexibility index (Phi) is 8.14. The number of carbonyl (C=O) groups is 1. The molecule has 190 valence electrons. The summed E-state index contributed by atoms with van der Waals surface area (Å²) in [5, 5.41) is 3.84. The van der Waals surface area contributed by atoms with Crippen LogP contribution in [0.4, 0.5) is 10.7 Å². The molecule has 1 N–H and O–H groups in total. The van der Waals surface area contributed by atoms with E-state index in [1.54, 1.807) is 11.3 Å². The number of nitrogens with one attached hydrogen (secondary N) is 1. The SMILES string of the molecule is CCOc1ccc(C=Nc2sc3c(c2C(=O)Nc2ccccc2)CC[C@@H](C(C)(C)C)C3)cc1OCC. The van der Waals surface area contributed by atoms with Crippen molar-refractivity contribution < 1.29 is 14.3 Å². The van der Waals surface area contributed by atoms with Gasteiger partial charge in [0.2, 0.25) is 0 Å². The minimum absolute atomic E-state index is 0.0956. The molecule has 0 saturated carbocycles. The van der Waals surface area contributed by atoms with Crippen LogP contribution >= 0.6 is 11.3 Å². The molecular formula is C30H36N2O3S. The highest BCUT2D eigenvalue weighted by Crippen LogP contribution is 2.45. The first-order chi connectivity index (χ1) is 17.3. The van der Waals surface area contributed by atoms with Crippen LogP contribution in [0.5, 0.6) is 11.5 Å². The van der Waals surface area contributed by atoms with Crippen molar-refractivity contribution in [2.24, 2.45) is 16.3 Å². The van der Waals surface area contributed by atoms with Gasteiger partial charge in [-0.05, 0) is 85.9 Å². The third kappa shape index (κ3) is 5.98. The molecule has 0 saturated heterocycles. The number of aliphatic imine (C=N–C) groups is 1. The van der Waals surface area contributed by atoms with Gasteiger partial charge in [-0.1, -0.05) is 39.0 Å². The smallest absolute Gasteiger partial charge is 0.259 e. The lowest BCUT2D eigenvalue weighted by molar-refractivity contribution is 0.102. The number of amides is 1. The maximum absolute atomic E-state index is 13.5. The second kappa shape index (κ2) is 11.3. The van der Waals surface area contributed by atoms with E-state index in [2.05, 4.69) is 26.1 Å². The third-order valence-electron chi connectivity index (χ3n) is 6.63. The Labute approximate surface area is 218 Å². The molecule has 36 heavy (non-hydrogen) atoms. The first kappa shape index (κ1) is 26.0. The normalized spacial score (nSPS) is 15.5. The Morgan fingerprint density at radius 1 is 1.08 bits per heavy atom. The van der Waals surface area contributed by atoms with Crippen LogP contribution < -0.4 is 14.8 Å². The molecule has 0 spiro atoms. The van der Waals surface area contributed by atoms with Crippen molar-refractivity contribution in [3.05, 3.63) is 70.1 Å². The number of hydrogen-bond acceptors (Lipinski definition) is 5. The average molecular weight is 505 g/mol. The molecule has 0 fully saturated rings. The predicted octanol–water partition coefficient (Wildman–Crippen LogP) is 7.70. The van der Waals surface area contributed by atoms with Crippen molar-refractivity contribution in [2.75, 3.05) is 18.5 Å². The molecule has 1 aromatic heterocycles. The number of fused-ring (bicyclic) bond motifs is 1. The number of nitrogens with zero attached hydrogens (tertiary/aromatic N) is 1. The number of rotatable bonds is 8. The first-order valence-electron chi connectivity index (χ1n) is 12.7. The van der Waals surface area contributed by atoms with Crippen molar-refractivity contribution in [3.8, 4) is 11.5 Å². The lowest BCUT2D eigenvalue weighted by Gasteiger charge is -2.33. The molecule has 0 bridgehead atoms. The van der Waals surface area contributed by atoms with Crippen LogP contribution in [-0.2, 0) is 12.8 Å². The zero-order valence-corrected chi connectivity index (χ0v) is 22.7. The van der Waals surface area contributed by atoms with E-state index in [0.29, 0.717) is 30.4 Å². The summed E-state index contributed by atoms with van der Waals surface area (Å²) in [6.07, 6.45) is 4.79. The lowest BCUT2D eigenvalue weighted by Crippen LogP contribution is -2.27. The zero-order valence-electron chi connectivity index (χ0n) is 21.9. The third-order valence-corrected chi connectivity index (χ3v) is 7.79. The van der Waals surface area contributed by atoms with Gasteiger partial charge >= 0.3 is 0 Å². The second-order valence-electron chi connectivity index (χ2n) is 10.1. The highest BCUT2D eigenvalue weighted by Gasteiger charge is 2.33. The number of benzene rings is 2. The van der Waals surface area contributed by atoms with Crippen molar-refractivity contribution in [3.63, 3.8) is 0 Å². The summed E-state index contributed by atoms with van der Waals surface area (Å²) in [6.45, 7) is 12.0. The van der Waals surface area contributed by atoms with Gasteiger partial charge in [0.25, 0.3) is 5.91 Å². The van der Waals surface area contributed by atoms with Gasteiger partial charge in [0.15, 0.2) is 11.5 Å². The van der Waals surface area contributed by atoms with Crippen LogP contribution in [0.15, 0.2) is 53.5 Å². The van der Waals surface area contributed by atoms with Crippen LogP contribution in [0.3, 0.4) is 0 Å². The molecule has 0 aliphatic heterocycles. The molecule has 1 aliphatic rings. The van der Waals surface area contributed by atoms with Gasteiger partial charge in [-0.3, -0.25) is 4.79 Å². The van der Waals surface area contributed by atoms with E-state index >= 15 is 0 Å². The highest BCUT2D eigenvalue weighted by molar-refractivity contribution is 7.16. The average Bonchev–Trinajstić information content (AvgIpc) is 3.22. The molecule has 1 heterocycles. The monoisotopic (exact) mass is 504 g/mol. The highest BCUT2D eigenvalue weighted by atomic mass is 32.1. The fourth-order valence-electron chi connectivity index (χ4n) is 4.63. The molecule has 1 amide bonds. The molecule has 2 aromatic carbocycles. The van der Waals surface area contributed by atoms with Gasteiger partial charge in [0, 0.05) is 16.8 Å². The van der Waals surface area contributed by atoms with E-state index in [9.17, 15) is 4.79 Å². The van der Waals surface area contributed by atoms with Gasteiger partial charge in [0.05, 0.1) is 18.8 Å². The minimum Gasteiger partial charge on any atom is -0.490 e. The van der Waals surface area contributed by atoms with Crippen molar-refractivity contribution in [2.45, 2.75) is 53.9 Å². The fraction of sp³-hybridized carbons (Fsp3) is 0.400. The molecule has 0 unspecified atom stereocenters. The molecule has 0 radical (unpaired) electrons. The summed E-state index contributed by atoms with van der Waals surface area (Å²) in [7, 11) is 0. The number of para-hydroxylation sites is 1. The van der Waals surface area contributed by atoms with Crippen molar-refractivity contribution in [1.82, 2.24) is 0 Å². The summed E-state index contributed by atoms with van der Waals surface area (Å²) in [5.74, 6) is 1.91. The van der Waals surface area contributed by atoms with E-state index < -0.39 is 0 Å². The molecule has 1 aliphatic carbocycles. The van der Waals surface area contributed by atoms with Crippen LogP contribution in [0.2, 0.25) is 0 Å². The Balaban J connectivity index is 1.69. The largest absolute Gasteiger partial charge is 0.490 e. The lowest BCUT2D eigenvalue weighted by atomic mass is 9.72. The zero-order chi connectivity index (χ0) is 25.7. The summed E-state index contributed by atoms with van der Waals surface area (Å²) < 4.78 is 11.5. The van der Waals surface area contributed by atoms with Crippen LogP contribution in [-0.4, -0.2) is 25.3 Å². The molecule has 5 nitrogen and oxygen atoms in total. The summed E-state index contributed by atoms with van der Waals surface area (Å²) in [5.41, 5.74) is 3.78. The number of thiophene rings is 1. The second-order valence-corrected chi connectivity index (χ2v) is 11.2. The Bertz CT molecular complexity index is 1220. The topological polar surface area (TPSA) is 59.9 Å². The molecule has 6 heteroatoms. The van der Waals surface area contributed by atoms with Gasteiger partial charge in [-0.25, -0.2) is 4.99 Å². The minimum atomic E-state index is -0.0956. The van der Waals surface area contributed by atoms with Crippen LogP contribution in [0, 0.1) is 11.3 Å². The maximum atomic E-state index is 13.5. The van der Waals surface area contributed by atoms with E-state index in [0.717, 1.165) is 46.8 Å². The summed E-state index contributed by atoms with van der Waals surface area (Å²) in [6, 6.07) is 15.4. The summed E-state index contributed by atoms with van der Waals surface area (Å²) in [4.78, 5) is 19.6. The number of ether oxygens (including phenoxy) is 2. The van der Waals surface area contributed by atoms with E-state index in [1.807, 2.05) is 68.6 Å². The maximum Gasteiger partial charge on any atom is 0.259 e. The molecule has 4 rings (SSSR count). The van der Waals surface area contributed by atoms with Crippen LogP contribution in [0.1, 0.15) is 67.4 Å². The number of carbonyl (C=O) groups excluding carboxylic acids is 1. The predicted molar refractivity (Wildman–Crippen MR) is 150 cm³/mol. The number of hydrogen-bond donors (Lipinski definition) is 1. The Morgan fingerprint density at radius 3 is 2.50 bits per heavy atom. The van der Waals surface area contributed by atoms with Gasteiger partial charge in [-0.15, -0.1) is 11.3 Å². The Morgan fingerprint density at radius 2 is 1.81 bits per heavy atom. The molecule has 3 aromatic rings. The van der Waals surface area contributed by atoms with Crippen molar-refractivity contribution in [1.29, 1.82) is 0 Å². The van der Waals surface area contributed by atoms with E-state index in [4.69, 9.17) is 14.5 Å². The quantitative estimate of drug-likeness (QED) is 0.320. The van der Waals surface area contributed by atoms with Crippen molar-refractivity contribution >= 4 is 34.1 Å². The number of anilines is 1. The van der Waals surface area contributed by atoms with E-state index in [1.165, 1.54) is 4.88 Å².